The lowest BCUT2D eigenvalue weighted by Gasteiger charge is -2.54. The predicted molar refractivity (Wildman–Crippen MR) is 145 cm³/mol. The second-order valence-electron chi connectivity index (χ2n) is 11.9. The van der Waals surface area contributed by atoms with Gasteiger partial charge >= 0.3 is 0 Å². The number of nitriles is 1. The monoisotopic (exact) mass is 532 g/mol. The van der Waals surface area contributed by atoms with Gasteiger partial charge in [-0.15, -0.1) is 0 Å². The van der Waals surface area contributed by atoms with Crippen molar-refractivity contribution in [3.8, 4) is 11.8 Å². The SMILES string of the molecule is COc1cc(C)c2[nH]ccc2c1CN1CCC2(CC1c1ccc(C(=O)N3CC(CC#N)C3)cc1)CC(F)(F)C2. The maximum absolute atomic E-state index is 14.1. The van der Waals surface area contributed by atoms with Crippen molar-refractivity contribution in [1.29, 1.82) is 5.26 Å². The summed E-state index contributed by atoms with van der Waals surface area (Å²) in [5, 5.41) is 9.99. The van der Waals surface area contributed by atoms with Gasteiger partial charge in [0.1, 0.15) is 5.75 Å². The molecule has 1 unspecified atom stereocenters. The molecular weight excluding hydrogens is 498 g/mol. The molecule has 3 aliphatic rings. The Morgan fingerprint density at radius 1 is 1.21 bits per heavy atom. The first kappa shape index (κ1) is 25.8. The van der Waals surface area contributed by atoms with Crippen molar-refractivity contribution in [2.24, 2.45) is 11.3 Å². The number of aryl methyl sites for hydroxylation is 1. The molecule has 3 heterocycles. The van der Waals surface area contributed by atoms with Crippen LogP contribution in [0.1, 0.15) is 65.2 Å². The summed E-state index contributed by atoms with van der Waals surface area (Å²) >= 11 is 0. The molecule has 3 fully saturated rings. The molecule has 6 rings (SSSR count). The summed E-state index contributed by atoms with van der Waals surface area (Å²) < 4.78 is 33.9. The zero-order valence-electron chi connectivity index (χ0n) is 22.5. The molecule has 0 bridgehead atoms. The molecule has 1 saturated carbocycles. The fraction of sp³-hybridized carbons (Fsp3) is 0.484. The second-order valence-corrected chi connectivity index (χ2v) is 11.9. The normalized spacial score (nSPS) is 22.3. The summed E-state index contributed by atoms with van der Waals surface area (Å²) in [6, 6.07) is 14.0. The van der Waals surface area contributed by atoms with Crippen molar-refractivity contribution in [3.63, 3.8) is 0 Å². The van der Waals surface area contributed by atoms with Gasteiger partial charge in [-0.25, -0.2) is 8.78 Å². The number of H-pyrrole nitrogens is 1. The van der Waals surface area contributed by atoms with Crippen molar-refractivity contribution in [2.45, 2.75) is 57.5 Å². The van der Waals surface area contributed by atoms with Gasteiger partial charge in [-0.05, 0) is 67.1 Å². The molecule has 1 amide bonds. The number of carbonyl (C=O) groups is 1. The number of alkyl halides is 2. The maximum atomic E-state index is 14.1. The van der Waals surface area contributed by atoms with Gasteiger partial charge in [-0.3, -0.25) is 9.69 Å². The van der Waals surface area contributed by atoms with Crippen LogP contribution in [0.25, 0.3) is 10.9 Å². The first-order valence-corrected chi connectivity index (χ1v) is 13.7. The summed E-state index contributed by atoms with van der Waals surface area (Å²) in [7, 11) is 1.69. The summed E-state index contributed by atoms with van der Waals surface area (Å²) in [5.41, 5.74) is 4.62. The van der Waals surface area contributed by atoms with E-state index in [0.717, 1.165) is 46.3 Å². The van der Waals surface area contributed by atoms with E-state index < -0.39 is 5.92 Å². The van der Waals surface area contributed by atoms with Crippen LogP contribution in [0.4, 0.5) is 8.78 Å². The Bertz CT molecular complexity index is 1430. The second kappa shape index (κ2) is 9.63. The molecule has 204 valence electrons. The fourth-order valence-corrected chi connectivity index (χ4v) is 7.07. The van der Waals surface area contributed by atoms with Crippen LogP contribution in [-0.2, 0) is 6.54 Å². The Labute approximate surface area is 227 Å². The van der Waals surface area contributed by atoms with Crippen LogP contribution in [-0.4, -0.2) is 53.4 Å². The van der Waals surface area contributed by atoms with E-state index in [-0.39, 0.29) is 36.1 Å². The number of hydrogen-bond donors (Lipinski definition) is 1. The van der Waals surface area contributed by atoms with Gasteiger partial charge < -0.3 is 14.6 Å². The molecule has 2 aromatic carbocycles. The molecule has 2 aliphatic heterocycles. The van der Waals surface area contributed by atoms with Crippen molar-refractivity contribution in [2.75, 3.05) is 26.7 Å². The maximum Gasteiger partial charge on any atom is 0.253 e. The number of ether oxygens (including phenoxy) is 1. The third kappa shape index (κ3) is 4.67. The van der Waals surface area contributed by atoms with Crippen molar-refractivity contribution in [3.05, 3.63) is 64.8 Å². The number of nitrogens with one attached hydrogen (secondary N) is 1. The molecular formula is C31H34F2N4O2. The van der Waals surface area contributed by atoms with Gasteiger partial charge in [0.2, 0.25) is 5.92 Å². The Balaban J connectivity index is 1.27. The Kier molecular flexibility index (Phi) is 6.38. The van der Waals surface area contributed by atoms with Crippen molar-refractivity contribution >= 4 is 16.8 Å². The largest absolute Gasteiger partial charge is 0.496 e. The van der Waals surface area contributed by atoms with Gasteiger partial charge in [0.15, 0.2) is 0 Å². The summed E-state index contributed by atoms with van der Waals surface area (Å²) in [5.74, 6) is -1.50. The van der Waals surface area contributed by atoms with E-state index in [0.29, 0.717) is 38.0 Å². The highest BCUT2D eigenvalue weighted by atomic mass is 19.3. The number of piperidine rings is 1. The third-order valence-electron chi connectivity index (χ3n) is 9.12. The molecule has 1 spiro atoms. The quantitative estimate of drug-likeness (QED) is 0.409. The number of fused-ring (bicyclic) bond motifs is 1. The molecule has 1 atom stereocenters. The lowest BCUT2D eigenvalue weighted by atomic mass is 9.59. The molecule has 1 aliphatic carbocycles. The molecule has 8 heteroatoms. The van der Waals surface area contributed by atoms with E-state index >= 15 is 0 Å². The van der Waals surface area contributed by atoms with Gasteiger partial charge in [-0.2, -0.15) is 5.26 Å². The lowest BCUT2D eigenvalue weighted by Crippen LogP contribution is -2.53. The summed E-state index contributed by atoms with van der Waals surface area (Å²) in [6.45, 7) is 4.66. The lowest BCUT2D eigenvalue weighted by molar-refractivity contribution is -0.186. The van der Waals surface area contributed by atoms with Crippen LogP contribution in [0.2, 0.25) is 0 Å². The van der Waals surface area contributed by atoms with Gasteiger partial charge in [-0.1, -0.05) is 12.1 Å². The fourth-order valence-electron chi connectivity index (χ4n) is 7.07. The van der Waals surface area contributed by atoms with Crippen molar-refractivity contribution < 1.29 is 18.3 Å². The number of methoxy groups -OCH3 is 1. The highest BCUT2D eigenvalue weighted by molar-refractivity contribution is 5.94. The summed E-state index contributed by atoms with van der Waals surface area (Å²) in [4.78, 5) is 20.4. The zero-order chi connectivity index (χ0) is 27.4. The minimum absolute atomic E-state index is 0.0226. The topological polar surface area (TPSA) is 72.4 Å². The first-order chi connectivity index (χ1) is 18.7. The Morgan fingerprint density at radius 3 is 2.62 bits per heavy atom. The highest BCUT2D eigenvalue weighted by Gasteiger charge is 2.58. The number of hydrogen-bond acceptors (Lipinski definition) is 4. The van der Waals surface area contributed by atoms with Crippen LogP contribution in [0.15, 0.2) is 42.6 Å². The number of rotatable bonds is 6. The molecule has 2 saturated heterocycles. The van der Waals surface area contributed by atoms with E-state index in [1.807, 2.05) is 30.5 Å². The first-order valence-electron chi connectivity index (χ1n) is 13.7. The average molecular weight is 533 g/mol. The van der Waals surface area contributed by atoms with E-state index in [4.69, 9.17) is 10.00 Å². The summed E-state index contributed by atoms with van der Waals surface area (Å²) in [6.07, 6.45) is 3.74. The smallest absolute Gasteiger partial charge is 0.253 e. The van der Waals surface area contributed by atoms with Crippen molar-refractivity contribution in [1.82, 2.24) is 14.8 Å². The van der Waals surface area contributed by atoms with E-state index in [1.165, 1.54) is 0 Å². The molecule has 1 aromatic heterocycles. The predicted octanol–water partition coefficient (Wildman–Crippen LogP) is 6.22. The number of likely N-dealkylation sites (tertiary alicyclic amines) is 2. The van der Waals surface area contributed by atoms with E-state index in [2.05, 4.69) is 35.0 Å². The van der Waals surface area contributed by atoms with Crippen LogP contribution in [0, 0.1) is 29.6 Å². The molecule has 1 N–H and O–H groups in total. The van der Waals surface area contributed by atoms with E-state index in [1.54, 1.807) is 12.0 Å². The van der Waals surface area contributed by atoms with Crippen LogP contribution in [0.5, 0.6) is 5.75 Å². The van der Waals surface area contributed by atoms with Gasteiger partial charge in [0.05, 0.1) is 13.2 Å². The Morgan fingerprint density at radius 2 is 1.95 bits per heavy atom. The number of benzene rings is 2. The number of carbonyl (C=O) groups excluding carboxylic acids is 1. The third-order valence-corrected chi connectivity index (χ3v) is 9.12. The Hall–Kier alpha value is -3.44. The van der Waals surface area contributed by atoms with E-state index in [9.17, 15) is 13.6 Å². The molecule has 39 heavy (non-hydrogen) atoms. The number of halogens is 2. The van der Waals surface area contributed by atoms with Gasteiger partial charge in [0, 0.05) is 79.1 Å². The molecule has 0 radical (unpaired) electrons. The highest BCUT2D eigenvalue weighted by Crippen LogP contribution is 2.60. The number of aromatic amines is 1. The van der Waals surface area contributed by atoms with Gasteiger partial charge in [0.25, 0.3) is 5.91 Å². The minimum atomic E-state index is -2.57. The molecule has 3 aromatic rings. The average Bonchev–Trinajstić information content (AvgIpc) is 3.38. The molecule has 6 nitrogen and oxygen atoms in total. The van der Waals surface area contributed by atoms with Crippen LogP contribution >= 0.6 is 0 Å². The minimum Gasteiger partial charge on any atom is -0.496 e. The van der Waals surface area contributed by atoms with Crippen LogP contribution < -0.4 is 4.74 Å². The number of amides is 1. The van der Waals surface area contributed by atoms with Crippen LogP contribution in [0.3, 0.4) is 0 Å². The standard InChI is InChI=1S/C31H34F2N4O2/c1-20-13-27(39-2)25(24-8-11-35-28(20)24)17-36-12-9-30(18-31(32,33)19-30)14-26(36)22-3-5-23(6-4-22)29(38)37-15-21(16-37)7-10-34/h3-6,8,11,13,21,26,35H,7,9,12,14-19H2,1-2H3. The zero-order valence-corrected chi connectivity index (χ0v) is 22.5. The number of aromatic nitrogens is 1. The number of nitrogens with zero attached hydrogens (tertiary/aromatic N) is 3.